The second-order valence-corrected chi connectivity index (χ2v) is 4.69. The predicted molar refractivity (Wildman–Crippen MR) is 64.9 cm³/mol. The van der Waals surface area contributed by atoms with Gasteiger partial charge in [-0.15, -0.1) is 0 Å². The van der Waals surface area contributed by atoms with E-state index in [1.54, 1.807) is 12.1 Å². The molecule has 0 unspecified atom stereocenters. The van der Waals surface area contributed by atoms with Gasteiger partial charge in [-0.05, 0) is 25.3 Å². The van der Waals surface area contributed by atoms with Crippen LogP contribution in [-0.4, -0.2) is 23.8 Å². The molecule has 0 radical (unpaired) electrons. The molecular weight excluding hydrogens is 257 g/mol. The lowest BCUT2D eigenvalue weighted by molar-refractivity contribution is -0.136. The van der Waals surface area contributed by atoms with E-state index in [2.05, 4.69) is 10.3 Å². The summed E-state index contributed by atoms with van der Waals surface area (Å²) < 4.78 is 41.1. The van der Waals surface area contributed by atoms with Gasteiger partial charge in [0.05, 0.1) is 12.3 Å². The molecule has 0 amide bonds. The van der Waals surface area contributed by atoms with Crippen molar-refractivity contribution in [1.82, 2.24) is 10.3 Å². The van der Waals surface area contributed by atoms with Crippen LogP contribution in [0.15, 0.2) is 18.2 Å². The zero-order valence-electron chi connectivity index (χ0n) is 10.5. The lowest BCUT2D eigenvalue weighted by Gasteiger charge is -2.09. The second kappa shape index (κ2) is 6.23. The van der Waals surface area contributed by atoms with E-state index in [4.69, 9.17) is 4.74 Å². The molecule has 1 aliphatic carbocycles. The van der Waals surface area contributed by atoms with Crippen LogP contribution in [0.2, 0.25) is 0 Å². The predicted octanol–water partition coefficient (Wildman–Crippen LogP) is 3.05. The highest BCUT2D eigenvalue weighted by Gasteiger charge is 2.26. The summed E-state index contributed by atoms with van der Waals surface area (Å²) in [6, 6.07) is 5.93. The summed E-state index contributed by atoms with van der Waals surface area (Å²) in [4.78, 5) is 4.24. The van der Waals surface area contributed by atoms with E-state index in [1.807, 2.05) is 6.07 Å². The molecule has 0 saturated heterocycles. The van der Waals surface area contributed by atoms with Gasteiger partial charge < -0.3 is 10.1 Å². The zero-order chi connectivity index (χ0) is 13.7. The fourth-order valence-electron chi connectivity index (χ4n) is 1.62. The smallest absolute Gasteiger partial charge is 0.389 e. The van der Waals surface area contributed by atoms with Crippen LogP contribution in [0.25, 0.3) is 0 Å². The summed E-state index contributed by atoms with van der Waals surface area (Å²) in [7, 11) is 0. The van der Waals surface area contributed by atoms with E-state index >= 15 is 0 Å². The van der Waals surface area contributed by atoms with Crippen molar-refractivity contribution in [2.24, 2.45) is 0 Å². The van der Waals surface area contributed by atoms with Crippen LogP contribution >= 0.6 is 0 Å². The lowest BCUT2D eigenvalue weighted by atomic mass is 10.3. The summed E-state index contributed by atoms with van der Waals surface area (Å²) in [5.74, 6) is 0.386. The van der Waals surface area contributed by atoms with Crippen molar-refractivity contribution in [1.29, 1.82) is 0 Å². The maximum Gasteiger partial charge on any atom is 0.389 e. The van der Waals surface area contributed by atoms with E-state index in [0.29, 0.717) is 18.5 Å². The number of halogens is 3. The van der Waals surface area contributed by atoms with Crippen LogP contribution in [0.1, 0.15) is 31.4 Å². The van der Waals surface area contributed by atoms with Gasteiger partial charge in [0, 0.05) is 25.1 Å². The van der Waals surface area contributed by atoms with Crippen molar-refractivity contribution in [3.05, 3.63) is 23.9 Å². The molecule has 1 N–H and O–H groups in total. The van der Waals surface area contributed by atoms with Gasteiger partial charge in [0.25, 0.3) is 0 Å². The zero-order valence-corrected chi connectivity index (χ0v) is 10.5. The lowest BCUT2D eigenvalue weighted by Crippen LogP contribution is -2.16. The first kappa shape index (κ1) is 14.1. The van der Waals surface area contributed by atoms with Gasteiger partial charge in [0.1, 0.15) is 0 Å². The average molecular weight is 274 g/mol. The third kappa shape index (κ3) is 5.92. The first-order valence-corrected chi connectivity index (χ1v) is 6.42. The Hall–Kier alpha value is -1.30. The number of nitrogens with one attached hydrogen (secondary N) is 1. The van der Waals surface area contributed by atoms with E-state index in [0.717, 1.165) is 5.69 Å². The summed E-state index contributed by atoms with van der Waals surface area (Å²) in [6.45, 7) is 0.705. The minimum Gasteiger partial charge on any atom is -0.478 e. The number of nitrogens with zero attached hydrogens (tertiary/aromatic N) is 1. The van der Waals surface area contributed by atoms with Crippen molar-refractivity contribution >= 4 is 0 Å². The number of rotatable bonds is 7. The summed E-state index contributed by atoms with van der Waals surface area (Å²) in [6.07, 6.45) is -2.58. The first-order chi connectivity index (χ1) is 9.03. The highest BCUT2D eigenvalue weighted by molar-refractivity contribution is 5.15. The van der Waals surface area contributed by atoms with E-state index in [-0.39, 0.29) is 13.0 Å². The number of hydrogen-bond donors (Lipinski definition) is 1. The first-order valence-electron chi connectivity index (χ1n) is 6.42. The molecular formula is C13H17F3N2O. The van der Waals surface area contributed by atoms with Crippen LogP contribution in [0.3, 0.4) is 0 Å². The van der Waals surface area contributed by atoms with E-state index in [1.165, 1.54) is 12.8 Å². The third-order valence-electron chi connectivity index (χ3n) is 2.78. The van der Waals surface area contributed by atoms with Crippen LogP contribution in [0.5, 0.6) is 5.88 Å². The monoisotopic (exact) mass is 274 g/mol. The minimum atomic E-state index is -4.12. The van der Waals surface area contributed by atoms with Gasteiger partial charge in [0.15, 0.2) is 0 Å². The highest BCUT2D eigenvalue weighted by Crippen LogP contribution is 2.21. The highest BCUT2D eigenvalue weighted by atomic mass is 19.4. The number of ether oxygens (including phenoxy) is 1. The van der Waals surface area contributed by atoms with Gasteiger partial charge in [-0.3, -0.25) is 0 Å². The number of hydrogen-bond acceptors (Lipinski definition) is 3. The topological polar surface area (TPSA) is 34.1 Å². The van der Waals surface area contributed by atoms with Gasteiger partial charge in [-0.1, -0.05) is 6.07 Å². The Morgan fingerprint density at radius 1 is 1.32 bits per heavy atom. The Bertz CT molecular complexity index is 405. The molecule has 0 aliphatic heterocycles. The minimum absolute atomic E-state index is 0.0337. The second-order valence-electron chi connectivity index (χ2n) is 4.69. The maximum absolute atomic E-state index is 11.9. The van der Waals surface area contributed by atoms with Crippen molar-refractivity contribution in [3.63, 3.8) is 0 Å². The number of aromatic nitrogens is 1. The molecule has 19 heavy (non-hydrogen) atoms. The quantitative estimate of drug-likeness (QED) is 0.776. The molecule has 1 aromatic rings. The average Bonchev–Trinajstić information content (AvgIpc) is 3.16. The molecule has 3 nitrogen and oxygen atoms in total. The van der Waals surface area contributed by atoms with Crippen molar-refractivity contribution in [2.45, 2.75) is 44.4 Å². The van der Waals surface area contributed by atoms with Gasteiger partial charge in [0.2, 0.25) is 5.88 Å². The fourth-order valence-corrected chi connectivity index (χ4v) is 1.62. The standard InChI is InChI=1S/C13H17F3N2O/c14-13(15,16)7-2-8-19-12-4-1-3-11(18-12)9-17-10-5-6-10/h1,3-4,10,17H,2,5-9H2. The summed E-state index contributed by atoms with van der Waals surface area (Å²) in [5.41, 5.74) is 0.847. The molecule has 1 fully saturated rings. The van der Waals surface area contributed by atoms with Crippen molar-refractivity contribution in [3.8, 4) is 5.88 Å². The molecule has 0 bridgehead atoms. The normalized spacial score (nSPS) is 15.5. The number of alkyl halides is 3. The van der Waals surface area contributed by atoms with Crippen LogP contribution in [-0.2, 0) is 6.54 Å². The molecule has 0 atom stereocenters. The third-order valence-corrected chi connectivity index (χ3v) is 2.78. The Morgan fingerprint density at radius 2 is 2.11 bits per heavy atom. The largest absolute Gasteiger partial charge is 0.478 e. The molecule has 1 aliphatic rings. The molecule has 0 spiro atoms. The molecule has 106 valence electrons. The maximum atomic E-state index is 11.9. The van der Waals surface area contributed by atoms with E-state index in [9.17, 15) is 13.2 Å². The Balaban J connectivity index is 1.71. The van der Waals surface area contributed by atoms with Gasteiger partial charge in [-0.2, -0.15) is 13.2 Å². The molecule has 1 saturated carbocycles. The molecule has 6 heteroatoms. The molecule has 0 aromatic carbocycles. The SMILES string of the molecule is FC(F)(F)CCCOc1cccc(CNC2CC2)n1. The van der Waals surface area contributed by atoms with Crippen LogP contribution in [0, 0.1) is 0 Å². The van der Waals surface area contributed by atoms with Crippen LogP contribution in [0.4, 0.5) is 13.2 Å². The molecule has 1 aromatic heterocycles. The Morgan fingerprint density at radius 3 is 2.79 bits per heavy atom. The molecule has 2 rings (SSSR count). The number of pyridine rings is 1. The Kier molecular flexibility index (Phi) is 4.63. The van der Waals surface area contributed by atoms with Gasteiger partial charge in [-0.25, -0.2) is 4.98 Å². The summed E-state index contributed by atoms with van der Waals surface area (Å²) in [5, 5.41) is 3.32. The van der Waals surface area contributed by atoms with Crippen molar-refractivity contribution in [2.75, 3.05) is 6.61 Å². The van der Waals surface area contributed by atoms with Crippen molar-refractivity contribution < 1.29 is 17.9 Å². The van der Waals surface area contributed by atoms with Crippen LogP contribution < -0.4 is 10.1 Å². The molecule has 1 heterocycles. The van der Waals surface area contributed by atoms with Gasteiger partial charge >= 0.3 is 6.18 Å². The fraction of sp³-hybridized carbons (Fsp3) is 0.615. The summed E-state index contributed by atoms with van der Waals surface area (Å²) >= 11 is 0. The van der Waals surface area contributed by atoms with E-state index < -0.39 is 12.6 Å². The Labute approximate surface area is 110 Å².